The number of rotatable bonds is 6. The number of benzene rings is 1. The highest BCUT2D eigenvalue weighted by Crippen LogP contribution is 2.17. The highest BCUT2D eigenvalue weighted by Gasteiger charge is 2.24. The zero-order valence-corrected chi connectivity index (χ0v) is 13.1. The number of amides is 1. The van der Waals surface area contributed by atoms with E-state index >= 15 is 0 Å². The highest BCUT2D eigenvalue weighted by molar-refractivity contribution is 5.94. The number of carbonyl (C=O) groups is 1. The molecule has 1 atom stereocenters. The second-order valence-corrected chi connectivity index (χ2v) is 6.17. The molecule has 0 spiro atoms. The Kier molecular flexibility index (Phi) is 5.76. The lowest BCUT2D eigenvalue weighted by molar-refractivity contribution is 0.0927. The molecule has 1 heterocycles. The molecule has 1 aromatic rings. The maximum absolute atomic E-state index is 12.2. The average molecular weight is 289 g/mol. The molecule has 0 radical (unpaired) electrons. The molecule has 0 saturated carbocycles. The van der Waals surface area contributed by atoms with E-state index in [2.05, 4.69) is 24.1 Å². The summed E-state index contributed by atoms with van der Waals surface area (Å²) in [6.45, 7) is 7.99. The largest absolute Gasteiger partial charge is 0.350 e. The van der Waals surface area contributed by atoms with Gasteiger partial charge in [0.15, 0.2) is 0 Å². The first-order valence-corrected chi connectivity index (χ1v) is 7.93. The van der Waals surface area contributed by atoms with E-state index in [0.29, 0.717) is 24.1 Å². The molecule has 1 fully saturated rings. The van der Waals surface area contributed by atoms with Gasteiger partial charge in [-0.05, 0) is 49.5 Å². The fourth-order valence-corrected chi connectivity index (χ4v) is 2.95. The maximum atomic E-state index is 12.2. The lowest BCUT2D eigenvalue weighted by atomic mass is 10.0. The lowest BCUT2D eigenvalue weighted by Gasteiger charge is -2.31. The van der Waals surface area contributed by atoms with Crippen LogP contribution in [0, 0.1) is 5.92 Å². The van der Waals surface area contributed by atoms with Gasteiger partial charge in [0.1, 0.15) is 0 Å². The van der Waals surface area contributed by atoms with Crippen molar-refractivity contribution < 1.29 is 4.79 Å². The molecule has 1 saturated heterocycles. The third-order valence-electron chi connectivity index (χ3n) is 4.30. The van der Waals surface area contributed by atoms with Crippen molar-refractivity contribution in [3.05, 3.63) is 35.4 Å². The van der Waals surface area contributed by atoms with Crippen molar-refractivity contribution in [1.29, 1.82) is 0 Å². The topological polar surface area (TPSA) is 58.4 Å². The molecule has 1 unspecified atom stereocenters. The zero-order valence-electron chi connectivity index (χ0n) is 13.1. The van der Waals surface area contributed by atoms with Gasteiger partial charge in [0.25, 0.3) is 5.91 Å². The van der Waals surface area contributed by atoms with Crippen LogP contribution in [0.25, 0.3) is 0 Å². The summed E-state index contributed by atoms with van der Waals surface area (Å²) in [5.74, 6) is 0.548. The Bertz CT molecular complexity index is 450. The Balaban J connectivity index is 1.91. The number of nitrogens with two attached hydrogens (primary N) is 1. The van der Waals surface area contributed by atoms with Crippen LogP contribution in [0.2, 0.25) is 0 Å². The molecule has 1 aliphatic heterocycles. The molecular formula is C17H27N3O. The fraction of sp³-hybridized carbons (Fsp3) is 0.588. The van der Waals surface area contributed by atoms with E-state index < -0.39 is 0 Å². The normalized spacial score (nSPS) is 17.1. The number of hydrogen-bond acceptors (Lipinski definition) is 3. The van der Waals surface area contributed by atoms with Crippen LogP contribution in [0.15, 0.2) is 24.3 Å². The standard InChI is InChI=1S/C17H27N3O/c1-13(2)16(20-9-3-4-10-20)12-19-17(21)15-7-5-14(11-18)6-8-15/h5-8,13,16H,3-4,9-12,18H2,1-2H3,(H,19,21). The smallest absolute Gasteiger partial charge is 0.251 e. The summed E-state index contributed by atoms with van der Waals surface area (Å²) in [6.07, 6.45) is 2.55. The highest BCUT2D eigenvalue weighted by atomic mass is 16.1. The molecule has 4 nitrogen and oxygen atoms in total. The number of nitrogens with zero attached hydrogens (tertiary/aromatic N) is 1. The number of nitrogens with one attached hydrogen (secondary N) is 1. The van der Waals surface area contributed by atoms with Crippen LogP contribution >= 0.6 is 0 Å². The van der Waals surface area contributed by atoms with E-state index in [9.17, 15) is 4.79 Å². The third-order valence-corrected chi connectivity index (χ3v) is 4.30. The van der Waals surface area contributed by atoms with Gasteiger partial charge in [0, 0.05) is 24.7 Å². The molecule has 2 rings (SSSR count). The van der Waals surface area contributed by atoms with E-state index in [1.165, 1.54) is 12.8 Å². The summed E-state index contributed by atoms with van der Waals surface area (Å²) >= 11 is 0. The van der Waals surface area contributed by atoms with Crippen LogP contribution in [-0.2, 0) is 6.54 Å². The first-order valence-electron chi connectivity index (χ1n) is 7.93. The molecule has 116 valence electrons. The summed E-state index contributed by atoms with van der Waals surface area (Å²) in [5, 5.41) is 3.08. The van der Waals surface area contributed by atoms with Gasteiger partial charge in [0.05, 0.1) is 0 Å². The van der Waals surface area contributed by atoms with Crippen molar-refractivity contribution in [2.75, 3.05) is 19.6 Å². The van der Waals surface area contributed by atoms with Crippen molar-refractivity contribution >= 4 is 5.91 Å². The van der Waals surface area contributed by atoms with Gasteiger partial charge in [-0.2, -0.15) is 0 Å². The Morgan fingerprint density at radius 2 is 1.86 bits per heavy atom. The SMILES string of the molecule is CC(C)C(CNC(=O)c1ccc(CN)cc1)N1CCCC1. The van der Waals surface area contributed by atoms with Crippen LogP contribution in [0.4, 0.5) is 0 Å². The lowest BCUT2D eigenvalue weighted by Crippen LogP contribution is -2.45. The number of carbonyl (C=O) groups excluding carboxylic acids is 1. The van der Waals surface area contributed by atoms with Gasteiger partial charge in [-0.1, -0.05) is 26.0 Å². The summed E-state index contributed by atoms with van der Waals surface area (Å²) in [6, 6.07) is 7.94. The minimum absolute atomic E-state index is 0.00317. The molecule has 4 heteroatoms. The summed E-state index contributed by atoms with van der Waals surface area (Å²) in [4.78, 5) is 14.7. The Morgan fingerprint density at radius 1 is 1.24 bits per heavy atom. The minimum Gasteiger partial charge on any atom is -0.350 e. The van der Waals surface area contributed by atoms with E-state index in [-0.39, 0.29) is 5.91 Å². The fourth-order valence-electron chi connectivity index (χ4n) is 2.95. The van der Waals surface area contributed by atoms with Crippen LogP contribution in [-0.4, -0.2) is 36.5 Å². The monoisotopic (exact) mass is 289 g/mol. The molecule has 0 bridgehead atoms. The molecule has 1 aliphatic rings. The van der Waals surface area contributed by atoms with E-state index in [1.807, 2.05) is 24.3 Å². The Hall–Kier alpha value is -1.39. The van der Waals surface area contributed by atoms with Gasteiger partial charge >= 0.3 is 0 Å². The van der Waals surface area contributed by atoms with Crippen molar-refractivity contribution in [1.82, 2.24) is 10.2 Å². The van der Waals surface area contributed by atoms with Crippen molar-refractivity contribution in [3.63, 3.8) is 0 Å². The Morgan fingerprint density at radius 3 is 2.38 bits per heavy atom. The molecule has 1 aromatic carbocycles. The summed E-state index contributed by atoms with van der Waals surface area (Å²) < 4.78 is 0. The van der Waals surface area contributed by atoms with Gasteiger partial charge in [-0.15, -0.1) is 0 Å². The van der Waals surface area contributed by atoms with Crippen molar-refractivity contribution in [2.24, 2.45) is 11.7 Å². The second kappa shape index (κ2) is 7.57. The van der Waals surface area contributed by atoms with E-state index in [4.69, 9.17) is 5.73 Å². The minimum atomic E-state index is 0.00317. The molecule has 0 aromatic heterocycles. The summed E-state index contributed by atoms with van der Waals surface area (Å²) in [7, 11) is 0. The molecule has 1 amide bonds. The quantitative estimate of drug-likeness (QED) is 0.842. The molecule has 3 N–H and O–H groups in total. The Labute approximate surface area is 127 Å². The van der Waals surface area contributed by atoms with Crippen LogP contribution in [0.3, 0.4) is 0 Å². The first-order chi connectivity index (χ1) is 10.1. The average Bonchev–Trinajstić information content (AvgIpc) is 3.01. The van der Waals surface area contributed by atoms with E-state index in [0.717, 1.165) is 25.2 Å². The zero-order chi connectivity index (χ0) is 15.2. The molecule has 0 aliphatic carbocycles. The first kappa shape index (κ1) is 16.0. The summed E-state index contributed by atoms with van der Waals surface area (Å²) in [5.41, 5.74) is 7.32. The number of hydrogen-bond donors (Lipinski definition) is 2. The molecular weight excluding hydrogens is 262 g/mol. The van der Waals surface area contributed by atoms with E-state index in [1.54, 1.807) is 0 Å². The number of likely N-dealkylation sites (tertiary alicyclic amines) is 1. The third kappa shape index (κ3) is 4.29. The maximum Gasteiger partial charge on any atom is 0.251 e. The van der Waals surface area contributed by atoms with Crippen molar-refractivity contribution in [2.45, 2.75) is 39.3 Å². The van der Waals surface area contributed by atoms with Gasteiger partial charge < -0.3 is 11.1 Å². The predicted octanol–water partition coefficient (Wildman–Crippen LogP) is 2.00. The van der Waals surface area contributed by atoms with Crippen LogP contribution < -0.4 is 11.1 Å². The van der Waals surface area contributed by atoms with Crippen molar-refractivity contribution in [3.8, 4) is 0 Å². The van der Waals surface area contributed by atoms with Gasteiger partial charge in [0.2, 0.25) is 0 Å². The van der Waals surface area contributed by atoms with Crippen LogP contribution in [0.5, 0.6) is 0 Å². The van der Waals surface area contributed by atoms with Gasteiger partial charge in [-0.3, -0.25) is 9.69 Å². The van der Waals surface area contributed by atoms with Crippen LogP contribution in [0.1, 0.15) is 42.6 Å². The predicted molar refractivity (Wildman–Crippen MR) is 86.1 cm³/mol. The second-order valence-electron chi connectivity index (χ2n) is 6.17. The van der Waals surface area contributed by atoms with Gasteiger partial charge in [-0.25, -0.2) is 0 Å². The molecule has 21 heavy (non-hydrogen) atoms.